The molecule has 0 radical (unpaired) electrons. The number of imidazole rings is 1. The lowest BCUT2D eigenvalue weighted by Gasteiger charge is -2.24. The van der Waals surface area contributed by atoms with Crippen LogP contribution in [0.5, 0.6) is 0 Å². The number of benzene rings is 2. The van der Waals surface area contributed by atoms with Crippen LogP contribution < -0.4 is 4.57 Å². The van der Waals surface area contributed by atoms with Crippen LogP contribution in [0.1, 0.15) is 30.5 Å². The van der Waals surface area contributed by atoms with Crippen molar-refractivity contribution >= 4 is 0 Å². The average Bonchev–Trinajstić information content (AvgIpc) is 3.12. The normalized spacial score (nSPS) is 12.4. The summed E-state index contributed by atoms with van der Waals surface area (Å²) < 4.78 is 2.33. The van der Waals surface area contributed by atoms with Gasteiger partial charge in [-0.2, -0.15) is 0 Å². The minimum atomic E-state index is 0.502. The summed E-state index contributed by atoms with van der Waals surface area (Å²) in [4.78, 5) is 3.19. The molecule has 118 valence electrons. The third kappa shape index (κ3) is 4.10. The first-order valence-corrected chi connectivity index (χ1v) is 8.48. The molecular formula is C21H25N2+. The highest BCUT2D eigenvalue weighted by molar-refractivity contribution is 5.18. The molecule has 2 nitrogen and oxygen atoms in total. The molecule has 0 saturated heterocycles. The predicted octanol–water partition coefficient (Wildman–Crippen LogP) is 4.35. The number of nitrogens with one attached hydrogen (secondary N) is 1. The van der Waals surface area contributed by atoms with Crippen LogP contribution >= 0.6 is 0 Å². The summed E-state index contributed by atoms with van der Waals surface area (Å²) in [6.45, 7) is 2.29. The van der Waals surface area contributed by atoms with Crippen LogP contribution in [0.3, 0.4) is 0 Å². The monoisotopic (exact) mass is 305 g/mol. The van der Waals surface area contributed by atoms with E-state index in [1.165, 1.54) is 11.1 Å². The molecule has 3 aromatic rings. The molecule has 2 heteroatoms. The van der Waals surface area contributed by atoms with Crippen molar-refractivity contribution in [1.29, 1.82) is 0 Å². The lowest BCUT2D eigenvalue weighted by Crippen LogP contribution is -2.42. The Labute approximate surface area is 138 Å². The minimum absolute atomic E-state index is 0.502. The van der Waals surface area contributed by atoms with Crippen molar-refractivity contribution in [3.8, 4) is 0 Å². The van der Waals surface area contributed by atoms with Crippen molar-refractivity contribution < 1.29 is 4.57 Å². The summed E-state index contributed by atoms with van der Waals surface area (Å²) >= 11 is 0. The molecule has 0 amide bonds. The lowest BCUT2D eigenvalue weighted by molar-refractivity contribution is -0.729. The SMILES string of the molecule is CCC(C(Cc1ccccc1)Cc1ccccc1)[n+]1cc[nH]c1. The van der Waals surface area contributed by atoms with Crippen LogP contribution in [0.25, 0.3) is 0 Å². The molecule has 23 heavy (non-hydrogen) atoms. The van der Waals surface area contributed by atoms with Crippen LogP contribution in [-0.2, 0) is 12.8 Å². The van der Waals surface area contributed by atoms with Gasteiger partial charge in [0.2, 0.25) is 6.33 Å². The zero-order valence-electron chi connectivity index (χ0n) is 13.7. The van der Waals surface area contributed by atoms with Crippen molar-refractivity contribution in [2.75, 3.05) is 0 Å². The molecule has 0 aliphatic heterocycles. The average molecular weight is 305 g/mol. The molecule has 1 atom stereocenters. The third-order valence-electron chi connectivity index (χ3n) is 4.59. The first-order chi connectivity index (χ1) is 11.4. The van der Waals surface area contributed by atoms with E-state index in [0.717, 1.165) is 19.3 Å². The summed E-state index contributed by atoms with van der Waals surface area (Å²) in [7, 11) is 0. The van der Waals surface area contributed by atoms with Crippen molar-refractivity contribution in [3.63, 3.8) is 0 Å². The Morgan fingerprint density at radius 2 is 1.43 bits per heavy atom. The first kappa shape index (κ1) is 15.5. The molecule has 0 fully saturated rings. The fraction of sp³-hybridized carbons (Fsp3) is 0.286. The van der Waals surface area contributed by atoms with E-state index in [2.05, 4.69) is 89.7 Å². The second-order valence-electron chi connectivity index (χ2n) is 6.17. The van der Waals surface area contributed by atoms with Gasteiger partial charge in [-0.05, 0) is 30.4 Å². The predicted molar refractivity (Wildman–Crippen MR) is 94.1 cm³/mol. The molecule has 1 heterocycles. The van der Waals surface area contributed by atoms with Gasteiger partial charge >= 0.3 is 0 Å². The summed E-state index contributed by atoms with van der Waals surface area (Å²) in [5.41, 5.74) is 2.84. The van der Waals surface area contributed by atoms with E-state index in [4.69, 9.17) is 0 Å². The lowest BCUT2D eigenvalue weighted by atomic mass is 9.85. The fourth-order valence-electron chi connectivity index (χ4n) is 3.47. The van der Waals surface area contributed by atoms with Gasteiger partial charge in [0, 0.05) is 5.92 Å². The number of aromatic nitrogens is 2. The highest BCUT2D eigenvalue weighted by atomic mass is 15.1. The number of H-pyrrole nitrogens is 1. The largest absolute Gasteiger partial charge is 0.250 e. The van der Waals surface area contributed by atoms with Gasteiger partial charge in [-0.1, -0.05) is 67.6 Å². The van der Waals surface area contributed by atoms with Crippen LogP contribution in [0, 0.1) is 5.92 Å². The highest BCUT2D eigenvalue weighted by Crippen LogP contribution is 2.25. The van der Waals surface area contributed by atoms with E-state index in [0.29, 0.717) is 12.0 Å². The summed E-state index contributed by atoms with van der Waals surface area (Å²) in [5, 5.41) is 0. The number of aromatic amines is 1. The molecule has 1 N–H and O–H groups in total. The van der Waals surface area contributed by atoms with E-state index in [9.17, 15) is 0 Å². The second-order valence-corrected chi connectivity index (χ2v) is 6.17. The number of hydrogen-bond donors (Lipinski definition) is 1. The van der Waals surface area contributed by atoms with E-state index in [-0.39, 0.29) is 0 Å². The molecule has 0 bridgehead atoms. The molecule has 3 rings (SSSR count). The Balaban J connectivity index is 1.85. The quantitative estimate of drug-likeness (QED) is 0.626. The molecule has 0 aliphatic rings. The van der Waals surface area contributed by atoms with Gasteiger partial charge in [0.1, 0.15) is 18.4 Å². The van der Waals surface area contributed by atoms with Gasteiger partial charge in [0.05, 0.1) is 0 Å². The Morgan fingerprint density at radius 3 is 1.87 bits per heavy atom. The van der Waals surface area contributed by atoms with Crippen LogP contribution in [0.15, 0.2) is 79.4 Å². The molecule has 2 aromatic carbocycles. The maximum Gasteiger partial charge on any atom is 0.241 e. The van der Waals surface area contributed by atoms with Gasteiger partial charge in [0.25, 0.3) is 0 Å². The molecular weight excluding hydrogens is 280 g/mol. The standard InChI is InChI=1S/C21H24N2/c1-2-21(23-14-13-22-17-23)20(15-18-9-5-3-6-10-18)16-19-11-7-4-8-12-19/h3-14,17,20-21H,2,15-16H2,1H3/p+1. The van der Waals surface area contributed by atoms with E-state index >= 15 is 0 Å². The van der Waals surface area contributed by atoms with Crippen molar-refractivity contribution in [2.45, 2.75) is 32.2 Å². The van der Waals surface area contributed by atoms with Gasteiger partial charge in [-0.25, -0.2) is 4.57 Å². The fourth-order valence-corrected chi connectivity index (χ4v) is 3.47. The molecule has 0 spiro atoms. The Bertz CT molecular complexity index is 633. The maximum absolute atomic E-state index is 3.19. The molecule has 0 saturated carbocycles. The molecule has 1 unspecified atom stereocenters. The number of rotatable bonds is 7. The summed E-state index contributed by atoms with van der Waals surface area (Å²) in [6, 6.07) is 22.2. The Kier molecular flexibility index (Phi) is 5.25. The third-order valence-corrected chi connectivity index (χ3v) is 4.59. The Hall–Kier alpha value is -2.35. The maximum atomic E-state index is 3.19. The smallest absolute Gasteiger partial charge is 0.241 e. The van der Waals surface area contributed by atoms with Crippen molar-refractivity contribution in [1.82, 2.24) is 4.98 Å². The highest BCUT2D eigenvalue weighted by Gasteiger charge is 2.25. The summed E-state index contributed by atoms with van der Waals surface area (Å²) in [5.74, 6) is 0.575. The van der Waals surface area contributed by atoms with Crippen molar-refractivity contribution in [3.05, 3.63) is 90.5 Å². The minimum Gasteiger partial charge on any atom is -0.250 e. The van der Waals surface area contributed by atoms with Gasteiger partial charge in [-0.3, -0.25) is 4.98 Å². The van der Waals surface area contributed by atoms with E-state index in [1.807, 2.05) is 6.20 Å². The summed E-state index contributed by atoms with van der Waals surface area (Å²) in [6.07, 6.45) is 9.57. The second kappa shape index (κ2) is 7.77. The van der Waals surface area contributed by atoms with Crippen LogP contribution in [-0.4, -0.2) is 4.98 Å². The van der Waals surface area contributed by atoms with Crippen LogP contribution in [0.4, 0.5) is 0 Å². The van der Waals surface area contributed by atoms with E-state index in [1.54, 1.807) is 0 Å². The van der Waals surface area contributed by atoms with Gasteiger partial charge in [-0.15, -0.1) is 0 Å². The molecule has 0 aliphatic carbocycles. The van der Waals surface area contributed by atoms with Crippen molar-refractivity contribution in [2.24, 2.45) is 5.92 Å². The number of nitrogens with zero attached hydrogens (tertiary/aromatic N) is 1. The Morgan fingerprint density at radius 1 is 0.870 bits per heavy atom. The van der Waals surface area contributed by atoms with Gasteiger partial charge in [0.15, 0.2) is 0 Å². The van der Waals surface area contributed by atoms with Crippen LogP contribution in [0.2, 0.25) is 0 Å². The zero-order valence-corrected chi connectivity index (χ0v) is 13.7. The number of hydrogen-bond acceptors (Lipinski definition) is 0. The first-order valence-electron chi connectivity index (χ1n) is 8.48. The zero-order chi connectivity index (χ0) is 15.9. The van der Waals surface area contributed by atoms with E-state index < -0.39 is 0 Å². The molecule has 1 aromatic heterocycles. The topological polar surface area (TPSA) is 19.7 Å². The van der Waals surface area contributed by atoms with Gasteiger partial charge < -0.3 is 0 Å².